The van der Waals surface area contributed by atoms with Crippen LogP contribution in [0.15, 0.2) is 58.8 Å². The van der Waals surface area contributed by atoms with E-state index in [9.17, 15) is 8.42 Å². The lowest BCUT2D eigenvalue weighted by atomic mass is 10.2. The van der Waals surface area contributed by atoms with E-state index < -0.39 is 10.0 Å². The Morgan fingerprint density at radius 1 is 1.10 bits per heavy atom. The number of ether oxygens (including phenoxy) is 2. The van der Waals surface area contributed by atoms with Gasteiger partial charge in [-0.25, -0.2) is 8.42 Å². The van der Waals surface area contributed by atoms with Gasteiger partial charge in [0.25, 0.3) is 10.0 Å². The summed E-state index contributed by atoms with van der Waals surface area (Å²) in [6, 6.07) is 14.8. The molecule has 0 bridgehead atoms. The summed E-state index contributed by atoms with van der Waals surface area (Å²) in [5.41, 5.74) is 0.665. The first kappa shape index (κ1) is 19.6. The summed E-state index contributed by atoms with van der Waals surface area (Å²) in [6.45, 7) is 1.00. The van der Waals surface area contributed by atoms with E-state index in [0.717, 1.165) is 4.88 Å². The highest BCUT2D eigenvalue weighted by Crippen LogP contribution is 2.37. The maximum atomic E-state index is 13.5. The minimum Gasteiger partial charge on any atom is -0.486 e. The van der Waals surface area contributed by atoms with Crippen molar-refractivity contribution in [1.29, 1.82) is 5.26 Å². The summed E-state index contributed by atoms with van der Waals surface area (Å²) in [5.74, 6) is 1.08. The van der Waals surface area contributed by atoms with Crippen LogP contribution in [0, 0.1) is 11.3 Å². The Morgan fingerprint density at radius 2 is 1.90 bits per heavy atom. The third-order valence-corrected chi connectivity index (χ3v) is 7.29. The summed E-state index contributed by atoms with van der Waals surface area (Å²) in [6.07, 6.45) is 0. The summed E-state index contributed by atoms with van der Waals surface area (Å²) in [7, 11) is -3.95. The fraction of sp³-hybridized carbons (Fsp3) is 0.150. The number of hydrogen-bond acceptors (Lipinski definition) is 6. The molecule has 1 aromatic heterocycles. The number of benzene rings is 2. The molecule has 148 valence electrons. The first-order valence-electron chi connectivity index (χ1n) is 8.63. The van der Waals surface area contributed by atoms with Gasteiger partial charge in [-0.3, -0.25) is 4.31 Å². The van der Waals surface area contributed by atoms with Crippen LogP contribution >= 0.6 is 22.9 Å². The zero-order valence-corrected chi connectivity index (χ0v) is 17.4. The molecule has 9 heteroatoms. The Kier molecular flexibility index (Phi) is 5.37. The van der Waals surface area contributed by atoms with Crippen LogP contribution in [0.2, 0.25) is 5.02 Å². The van der Waals surface area contributed by atoms with E-state index in [0.29, 0.717) is 30.4 Å². The van der Waals surface area contributed by atoms with Crippen LogP contribution in [0.25, 0.3) is 0 Å². The molecule has 1 aliphatic heterocycles. The smallest absolute Gasteiger partial charge is 0.264 e. The molecular formula is C20H15ClN2O4S2. The van der Waals surface area contributed by atoms with E-state index in [1.165, 1.54) is 33.8 Å². The lowest BCUT2D eigenvalue weighted by Crippen LogP contribution is -2.30. The van der Waals surface area contributed by atoms with Gasteiger partial charge < -0.3 is 9.47 Å². The third-order valence-electron chi connectivity index (χ3n) is 4.34. The second-order valence-corrected chi connectivity index (χ2v) is 9.47. The molecule has 0 fully saturated rings. The number of rotatable bonds is 5. The second-order valence-electron chi connectivity index (χ2n) is 6.17. The Morgan fingerprint density at radius 3 is 2.59 bits per heavy atom. The Balaban J connectivity index is 1.80. The fourth-order valence-electron chi connectivity index (χ4n) is 2.92. The first-order chi connectivity index (χ1) is 14.0. The van der Waals surface area contributed by atoms with Gasteiger partial charge in [-0.15, -0.1) is 11.3 Å². The van der Waals surface area contributed by atoms with Gasteiger partial charge in [0.05, 0.1) is 27.7 Å². The van der Waals surface area contributed by atoms with Crippen molar-refractivity contribution < 1.29 is 17.9 Å². The molecule has 29 heavy (non-hydrogen) atoms. The Labute approximate surface area is 177 Å². The van der Waals surface area contributed by atoms with Crippen LogP contribution in [0.4, 0.5) is 5.69 Å². The molecule has 0 spiro atoms. The number of anilines is 1. The number of nitriles is 1. The van der Waals surface area contributed by atoms with Crippen molar-refractivity contribution in [2.75, 3.05) is 17.5 Å². The first-order valence-corrected chi connectivity index (χ1v) is 11.3. The molecule has 4 rings (SSSR count). The van der Waals surface area contributed by atoms with Gasteiger partial charge in [0.15, 0.2) is 11.5 Å². The summed E-state index contributed by atoms with van der Waals surface area (Å²) in [5, 5.41) is 11.0. The van der Waals surface area contributed by atoms with Gasteiger partial charge >= 0.3 is 0 Å². The van der Waals surface area contributed by atoms with Crippen molar-refractivity contribution in [2.45, 2.75) is 11.4 Å². The van der Waals surface area contributed by atoms with E-state index in [1.807, 2.05) is 23.6 Å². The number of halogens is 1. The van der Waals surface area contributed by atoms with Crippen molar-refractivity contribution in [3.8, 4) is 17.6 Å². The molecule has 1 aliphatic rings. The largest absolute Gasteiger partial charge is 0.486 e. The molecule has 0 amide bonds. The zero-order chi connectivity index (χ0) is 20.4. The molecule has 0 unspecified atom stereocenters. The van der Waals surface area contributed by atoms with Crippen LogP contribution in [0.3, 0.4) is 0 Å². The molecule has 0 atom stereocenters. The number of thiophene rings is 1. The quantitative estimate of drug-likeness (QED) is 0.578. The monoisotopic (exact) mass is 446 g/mol. The number of fused-ring (bicyclic) bond motifs is 1. The average Bonchev–Trinajstić information content (AvgIpc) is 3.25. The van der Waals surface area contributed by atoms with E-state index in [2.05, 4.69) is 0 Å². The molecule has 3 aromatic rings. The third kappa shape index (κ3) is 3.90. The molecule has 6 nitrogen and oxygen atoms in total. The van der Waals surface area contributed by atoms with Gasteiger partial charge in [0.1, 0.15) is 19.3 Å². The zero-order valence-electron chi connectivity index (χ0n) is 15.0. The van der Waals surface area contributed by atoms with Crippen LogP contribution in [0.5, 0.6) is 11.5 Å². The summed E-state index contributed by atoms with van der Waals surface area (Å²) >= 11 is 7.55. The summed E-state index contributed by atoms with van der Waals surface area (Å²) in [4.78, 5) is 0.885. The molecule has 0 radical (unpaired) electrons. The van der Waals surface area contributed by atoms with Crippen molar-refractivity contribution >= 4 is 38.6 Å². The summed E-state index contributed by atoms with van der Waals surface area (Å²) < 4.78 is 39.4. The maximum absolute atomic E-state index is 13.5. The highest BCUT2D eigenvalue weighted by Gasteiger charge is 2.28. The number of hydrogen-bond donors (Lipinski definition) is 0. The molecule has 2 heterocycles. The molecule has 0 saturated carbocycles. The van der Waals surface area contributed by atoms with Gasteiger partial charge in [-0.2, -0.15) is 5.26 Å². The van der Waals surface area contributed by atoms with Crippen molar-refractivity contribution in [3.05, 3.63) is 69.4 Å². The lowest BCUT2D eigenvalue weighted by molar-refractivity contribution is 0.171. The SMILES string of the molecule is N#Cc1ccc(S(=O)(=O)N(Cc2cccs2)c2ccc3c(c2)OCCO3)cc1Cl. The molecular weight excluding hydrogens is 432 g/mol. The van der Waals surface area contributed by atoms with E-state index >= 15 is 0 Å². The van der Waals surface area contributed by atoms with Crippen LogP contribution in [-0.2, 0) is 16.6 Å². The number of sulfonamides is 1. The van der Waals surface area contributed by atoms with Crippen molar-refractivity contribution in [2.24, 2.45) is 0 Å². The topological polar surface area (TPSA) is 79.6 Å². The molecule has 0 aliphatic carbocycles. The van der Waals surface area contributed by atoms with Crippen LogP contribution < -0.4 is 13.8 Å². The minimum atomic E-state index is -3.95. The Hall–Kier alpha value is -2.73. The van der Waals surface area contributed by atoms with Crippen LogP contribution in [-0.4, -0.2) is 21.6 Å². The van der Waals surface area contributed by atoms with Crippen molar-refractivity contribution in [1.82, 2.24) is 0 Å². The molecule has 2 aromatic carbocycles. The van der Waals surface area contributed by atoms with E-state index in [-0.39, 0.29) is 22.0 Å². The van der Waals surface area contributed by atoms with E-state index in [4.69, 9.17) is 26.3 Å². The second kappa shape index (κ2) is 7.95. The van der Waals surface area contributed by atoms with Gasteiger partial charge in [0, 0.05) is 10.9 Å². The standard InChI is InChI=1S/C20H15ClN2O4S2/c21-18-11-17(5-3-14(18)12-22)29(24,25)23(13-16-2-1-9-28-16)15-4-6-19-20(10-15)27-8-7-26-19/h1-6,9-11H,7-8,13H2. The predicted molar refractivity (Wildman–Crippen MR) is 111 cm³/mol. The molecule has 0 saturated heterocycles. The minimum absolute atomic E-state index is 0.00736. The van der Waals surface area contributed by atoms with Crippen LogP contribution in [0.1, 0.15) is 10.4 Å². The lowest BCUT2D eigenvalue weighted by Gasteiger charge is -2.26. The molecule has 0 N–H and O–H groups in total. The van der Waals surface area contributed by atoms with Gasteiger partial charge in [-0.05, 0) is 41.8 Å². The normalized spacial score (nSPS) is 13.0. The fourth-order valence-corrected chi connectivity index (χ4v) is 5.44. The van der Waals surface area contributed by atoms with Gasteiger partial charge in [-0.1, -0.05) is 17.7 Å². The maximum Gasteiger partial charge on any atom is 0.264 e. The highest BCUT2D eigenvalue weighted by atomic mass is 35.5. The van der Waals surface area contributed by atoms with E-state index in [1.54, 1.807) is 18.2 Å². The Bertz CT molecular complexity index is 1190. The van der Waals surface area contributed by atoms with Gasteiger partial charge in [0.2, 0.25) is 0 Å². The number of nitrogens with zero attached hydrogens (tertiary/aromatic N) is 2. The average molecular weight is 447 g/mol. The predicted octanol–water partition coefficient (Wildman–Crippen LogP) is 4.44. The van der Waals surface area contributed by atoms with Crippen molar-refractivity contribution in [3.63, 3.8) is 0 Å². The highest BCUT2D eigenvalue weighted by molar-refractivity contribution is 7.92.